The third-order valence-electron chi connectivity index (χ3n) is 3.10. The molecule has 0 rings (SSSR count). The van der Waals surface area contributed by atoms with E-state index in [2.05, 4.69) is 36.7 Å². The van der Waals surface area contributed by atoms with E-state index in [0.717, 1.165) is 11.8 Å². The first-order valence-corrected chi connectivity index (χ1v) is 8.83. The molecule has 0 radical (unpaired) electrons. The Hall–Kier alpha value is 0.430. The Morgan fingerprint density at radius 3 is 2.00 bits per heavy atom. The molecule has 0 aromatic rings. The Kier molecular flexibility index (Phi) is 6.56. The molecule has 0 aromatic carbocycles. The van der Waals surface area contributed by atoms with E-state index in [1.807, 2.05) is 13.8 Å². The predicted octanol–water partition coefficient (Wildman–Crippen LogP) is 3.50. The molecule has 98 valence electrons. The highest BCUT2D eigenvalue weighted by Crippen LogP contribution is 2.29. The first kappa shape index (κ1) is 16.4. The second-order valence-corrected chi connectivity index (χ2v) is 8.61. The van der Waals surface area contributed by atoms with Gasteiger partial charge in [0.2, 0.25) is 0 Å². The van der Waals surface area contributed by atoms with Crippen molar-refractivity contribution in [1.82, 2.24) is 0 Å². The lowest BCUT2D eigenvalue weighted by Crippen LogP contribution is -2.31. The standard InChI is InChI=1S/C12H25BrO2S/c1-6-10(2)8-16(14,15)9-11(7-13)12(3,4)5/h10-11H,6-9H2,1-5H3. The molecule has 0 fully saturated rings. The largest absolute Gasteiger partial charge is 0.229 e. The van der Waals surface area contributed by atoms with Crippen molar-refractivity contribution in [2.24, 2.45) is 17.3 Å². The maximum absolute atomic E-state index is 12.0. The van der Waals surface area contributed by atoms with Crippen molar-refractivity contribution in [2.45, 2.75) is 41.0 Å². The lowest BCUT2D eigenvalue weighted by molar-refractivity contribution is 0.291. The van der Waals surface area contributed by atoms with Crippen molar-refractivity contribution in [3.63, 3.8) is 0 Å². The van der Waals surface area contributed by atoms with Crippen LogP contribution < -0.4 is 0 Å². The lowest BCUT2D eigenvalue weighted by atomic mass is 9.83. The van der Waals surface area contributed by atoms with Crippen molar-refractivity contribution in [1.29, 1.82) is 0 Å². The van der Waals surface area contributed by atoms with Gasteiger partial charge in [-0.3, -0.25) is 0 Å². The normalized spacial score (nSPS) is 17.1. The minimum absolute atomic E-state index is 0.0338. The molecule has 2 nitrogen and oxygen atoms in total. The molecular formula is C12H25BrO2S. The summed E-state index contributed by atoms with van der Waals surface area (Å²) in [4.78, 5) is 0. The average Bonchev–Trinajstić information content (AvgIpc) is 2.11. The SMILES string of the molecule is CCC(C)CS(=O)(=O)CC(CBr)C(C)(C)C. The molecule has 16 heavy (non-hydrogen) atoms. The Labute approximate surface area is 109 Å². The van der Waals surface area contributed by atoms with Gasteiger partial charge >= 0.3 is 0 Å². The van der Waals surface area contributed by atoms with Gasteiger partial charge in [0.1, 0.15) is 0 Å². The monoisotopic (exact) mass is 312 g/mol. The molecule has 0 amide bonds. The molecule has 0 saturated heterocycles. The zero-order chi connectivity index (χ0) is 13.0. The summed E-state index contributed by atoms with van der Waals surface area (Å²) in [5, 5.41) is 0.746. The molecule has 0 N–H and O–H groups in total. The topological polar surface area (TPSA) is 34.1 Å². The molecule has 2 atom stereocenters. The summed E-state index contributed by atoms with van der Waals surface area (Å²) in [5.74, 6) is 1.07. The van der Waals surface area contributed by atoms with Gasteiger partial charge < -0.3 is 0 Å². The second kappa shape index (κ2) is 6.39. The molecule has 0 aliphatic carbocycles. The van der Waals surface area contributed by atoms with Crippen molar-refractivity contribution in [2.75, 3.05) is 16.8 Å². The van der Waals surface area contributed by atoms with E-state index in [-0.39, 0.29) is 17.3 Å². The highest BCUT2D eigenvalue weighted by Gasteiger charge is 2.29. The van der Waals surface area contributed by atoms with Crippen molar-refractivity contribution >= 4 is 25.8 Å². The minimum Gasteiger partial charge on any atom is -0.229 e. The van der Waals surface area contributed by atoms with E-state index in [9.17, 15) is 8.42 Å². The highest BCUT2D eigenvalue weighted by atomic mass is 79.9. The number of rotatable bonds is 6. The third-order valence-corrected chi connectivity index (χ3v) is 5.87. The van der Waals surface area contributed by atoms with Gasteiger partial charge in [-0.05, 0) is 17.3 Å². The van der Waals surface area contributed by atoms with E-state index >= 15 is 0 Å². The van der Waals surface area contributed by atoms with Crippen LogP contribution in [0.2, 0.25) is 0 Å². The van der Waals surface area contributed by atoms with E-state index < -0.39 is 9.84 Å². The number of hydrogen-bond acceptors (Lipinski definition) is 2. The zero-order valence-electron chi connectivity index (χ0n) is 11.1. The van der Waals surface area contributed by atoms with Crippen LogP contribution in [0.5, 0.6) is 0 Å². The molecule has 0 bridgehead atoms. The number of alkyl halides is 1. The van der Waals surface area contributed by atoms with E-state index in [4.69, 9.17) is 0 Å². The number of sulfone groups is 1. The van der Waals surface area contributed by atoms with Crippen LogP contribution in [0.3, 0.4) is 0 Å². The van der Waals surface area contributed by atoms with Crippen LogP contribution in [-0.4, -0.2) is 25.3 Å². The lowest BCUT2D eigenvalue weighted by Gasteiger charge is -2.29. The minimum atomic E-state index is -2.92. The van der Waals surface area contributed by atoms with Crippen LogP contribution in [-0.2, 0) is 9.84 Å². The van der Waals surface area contributed by atoms with Crippen LogP contribution in [0.4, 0.5) is 0 Å². The van der Waals surface area contributed by atoms with E-state index in [1.54, 1.807) is 0 Å². The Morgan fingerprint density at radius 1 is 1.19 bits per heavy atom. The van der Waals surface area contributed by atoms with Gasteiger partial charge in [0.15, 0.2) is 9.84 Å². The Morgan fingerprint density at radius 2 is 1.69 bits per heavy atom. The summed E-state index contributed by atoms with van der Waals surface area (Å²) in [5.41, 5.74) is 0.0338. The molecule has 0 heterocycles. The van der Waals surface area contributed by atoms with Crippen molar-refractivity contribution < 1.29 is 8.42 Å². The van der Waals surface area contributed by atoms with Gasteiger partial charge in [-0.25, -0.2) is 8.42 Å². The fourth-order valence-corrected chi connectivity index (χ4v) is 5.42. The van der Waals surface area contributed by atoms with Gasteiger partial charge in [0.05, 0.1) is 11.5 Å². The predicted molar refractivity (Wildman–Crippen MR) is 74.8 cm³/mol. The first-order valence-electron chi connectivity index (χ1n) is 5.88. The summed E-state index contributed by atoms with van der Waals surface area (Å²) in [6, 6.07) is 0. The Bertz CT molecular complexity index is 291. The van der Waals surface area contributed by atoms with Gasteiger partial charge in [0, 0.05) is 5.33 Å². The van der Waals surface area contributed by atoms with Crippen molar-refractivity contribution in [3.05, 3.63) is 0 Å². The van der Waals surface area contributed by atoms with Gasteiger partial charge in [-0.2, -0.15) is 0 Å². The van der Waals surface area contributed by atoms with E-state index in [1.165, 1.54) is 0 Å². The molecule has 0 spiro atoms. The van der Waals surface area contributed by atoms with Gasteiger partial charge in [0.25, 0.3) is 0 Å². The van der Waals surface area contributed by atoms with Gasteiger partial charge in [-0.15, -0.1) is 0 Å². The molecule has 4 heteroatoms. The quantitative estimate of drug-likeness (QED) is 0.703. The fourth-order valence-electron chi connectivity index (χ4n) is 1.45. The molecule has 0 saturated carbocycles. The maximum Gasteiger partial charge on any atom is 0.150 e. The molecule has 0 aromatic heterocycles. The molecule has 0 aliphatic rings. The first-order chi connectivity index (χ1) is 7.12. The Balaban J connectivity index is 4.57. The molecule has 2 unspecified atom stereocenters. The number of halogens is 1. The van der Waals surface area contributed by atoms with Crippen LogP contribution in [0, 0.1) is 17.3 Å². The zero-order valence-corrected chi connectivity index (χ0v) is 13.5. The van der Waals surface area contributed by atoms with Crippen LogP contribution in [0.1, 0.15) is 41.0 Å². The second-order valence-electron chi connectivity index (χ2n) is 5.81. The highest BCUT2D eigenvalue weighted by molar-refractivity contribution is 9.09. The third kappa shape index (κ3) is 6.24. The summed E-state index contributed by atoms with van der Waals surface area (Å²) in [6.07, 6.45) is 0.924. The molecule has 0 aliphatic heterocycles. The summed E-state index contributed by atoms with van der Waals surface area (Å²) >= 11 is 3.42. The van der Waals surface area contributed by atoms with E-state index in [0.29, 0.717) is 11.5 Å². The summed E-state index contributed by atoms with van der Waals surface area (Å²) in [7, 11) is -2.92. The average molecular weight is 313 g/mol. The summed E-state index contributed by atoms with van der Waals surface area (Å²) in [6.45, 7) is 10.3. The number of hydrogen-bond donors (Lipinski definition) is 0. The van der Waals surface area contributed by atoms with Crippen LogP contribution in [0.25, 0.3) is 0 Å². The summed E-state index contributed by atoms with van der Waals surface area (Å²) < 4.78 is 24.0. The smallest absolute Gasteiger partial charge is 0.150 e. The van der Waals surface area contributed by atoms with Crippen LogP contribution >= 0.6 is 15.9 Å². The molecular weight excluding hydrogens is 288 g/mol. The van der Waals surface area contributed by atoms with Crippen LogP contribution in [0.15, 0.2) is 0 Å². The van der Waals surface area contributed by atoms with Crippen molar-refractivity contribution in [3.8, 4) is 0 Å². The van der Waals surface area contributed by atoms with Gasteiger partial charge in [-0.1, -0.05) is 57.0 Å². The maximum atomic E-state index is 12.0. The fraction of sp³-hybridized carbons (Fsp3) is 1.00.